The summed E-state index contributed by atoms with van der Waals surface area (Å²) in [6, 6.07) is 11.7. The van der Waals surface area contributed by atoms with Crippen molar-refractivity contribution in [3.05, 3.63) is 53.2 Å². The van der Waals surface area contributed by atoms with Gasteiger partial charge in [0.2, 0.25) is 0 Å². The fourth-order valence-electron chi connectivity index (χ4n) is 4.94. The predicted octanol–water partition coefficient (Wildman–Crippen LogP) is 4.04. The van der Waals surface area contributed by atoms with Gasteiger partial charge in [0.05, 0.1) is 23.6 Å². The number of allylic oxidation sites excluding steroid dienone is 2. The molecule has 1 heterocycles. The molecule has 0 aliphatic heterocycles. The Morgan fingerprint density at radius 2 is 2.10 bits per heavy atom. The second-order valence-corrected chi connectivity index (χ2v) is 7.90. The van der Waals surface area contributed by atoms with Crippen molar-refractivity contribution in [2.75, 3.05) is 6.61 Å². The highest BCUT2D eigenvalue weighted by Gasteiger charge is 2.50. The quantitative estimate of drug-likeness (QED) is 0.774. The lowest BCUT2D eigenvalue weighted by atomic mass is 9.58. The van der Waals surface area contributed by atoms with Crippen LogP contribution in [-0.2, 0) is 21.4 Å². The van der Waals surface area contributed by atoms with Crippen LogP contribution in [0.3, 0.4) is 0 Å². The maximum atomic E-state index is 12.7. The standard InChI is InChI=1S/C23H23N3O3/c1-4-29-22(28)26-19(15-8-6-5-7-9-15)17-10-11-18-14(2)20(27)16(13-24)12-23(18,3)21(17)25-26/h5-9,12,14,18H,4,10-11H2,1-3H3. The molecule has 0 fully saturated rings. The minimum atomic E-state index is -0.590. The van der Waals surface area contributed by atoms with Crippen molar-refractivity contribution in [2.45, 2.75) is 39.0 Å². The van der Waals surface area contributed by atoms with E-state index >= 15 is 0 Å². The second kappa shape index (κ2) is 7.00. The molecule has 0 bridgehead atoms. The molecule has 1 aromatic carbocycles. The topological polar surface area (TPSA) is 85.0 Å². The van der Waals surface area contributed by atoms with Gasteiger partial charge in [-0.25, -0.2) is 4.79 Å². The Kier molecular flexibility index (Phi) is 4.62. The molecule has 0 amide bonds. The number of Topliss-reactive ketones (excluding diaryl/α,β-unsaturated/α-hetero) is 1. The zero-order chi connectivity index (χ0) is 20.8. The van der Waals surface area contributed by atoms with Crippen molar-refractivity contribution >= 4 is 11.9 Å². The van der Waals surface area contributed by atoms with E-state index in [1.54, 1.807) is 13.0 Å². The first-order valence-electron chi connectivity index (χ1n) is 9.94. The molecule has 0 N–H and O–H groups in total. The number of nitrogens with zero attached hydrogens (tertiary/aromatic N) is 3. The Bertz CT molecular complexity index is 1060. The van der Waals surface area contributed by atoms with Crippen molar-refractivity contribution in [3.8, 4) is 17.3 Å². The molecule has 3 atom stereocenters. The van der Waals surface area contributed by atoms with Gasteiger partial charge < -0.3 is 4.74 Å². The summed E-state index contributed by atoms with van der Waals surface area (Å²) in [5, 5.41) is 14.2. The molecule has 4 rings (SSSR count). The second-order valence-electron chi connectivity index (χ2n) is 7.90. The minimum Gasteiger partial charge on any atom is -0.448 e. The number of benzene rings is 1. The molecule has 2 aliphatic rings. The van der Waals surface area contributed by atoms with Crippen LogP contribution < -0.4 is 0 Å². The number of rotatable bonds is 2. The first kappa shape index (κ1) is 19.1. The van der Waals surface area contributed by atoms with Gasteiger partial charge in [0.1, 0.15) is 6.07 Å². The van der Waals surface area contributed by atoms with Gasteiger partial charge in [-0.3, -0.25) is 4.79 Å². The maximum absolute atomic E-state index is 12.7. The van der Waals surface area contributed by atoms with Crippen LogP contribution in [0.25, 0.3) is 11.3 Å². The van der Waals surface area contributed by atoms with E-state index in [4.69, 9.17) is 9.84 Å². The number of carbonyl (C=O) groups excluding carboxylic acids is 2. The highest BCUT2D eigenvalue weighted by atomic mass is 16.5. The predicted molar refractivity (Wildman–Crippen MR) is 107 cm³/mol. The third kappa shape index (κ3) is 2.80. The largest absolute Gasteiger partial charge is 0.448 e. The average molecular weight is 389 g/mol. The van der Waals surface area contributed by atoms with Gasteiger partial charge in [0, 0.05) is 22.5 Å². The van der Waals surface area contributed by atoms with Crippen molar-refractivity contribution in [3.63, 3.8) is 0 Å². The highest BCUT2D eigenvalue weighted by molar-refractivity contribution is 6.02. The molecular weight excluding hydrogens is 366 g/mol. The van der Waals surface area contributed by atoms with Gasteiger partial charge in [-0.05, 0) is 25.7 Å². The first-order valence-corrected chi connectivity index (χ1v) is 9.94. The third-order valence-electron chi connectivity index (χ3n) is 6.30. The molecular formula is C23H23N3O3. The molecule has 0 saturated heterocycles. The van der Waals surface area contributed by atoms with Crippen LogP contribution in [-0.4, -0.2) is 28.3 Å². The Morgan fingerprint density at radius 1 is 1.38 bits per heavy atom. The van der Waals surface area contributed by atoms with Crippen LogP contribution in [0.1, 0.15) is 38.4 Å². The van der Waals surface area contributed by atoms with Crippen molar-refractivity contribution in [1.82, 2.24) is 9.78 Å². The number of hydrogen-bond donors (Lipinski definition) is 0. The average Bonchev–Trinajstić information content (AvgIpc) is 3.13. The number of hydrogen-bond acceptors (Lipinski definition) is 5. The van der Waals surface area contributed by atoms with Crippen molar-refractivity contribution in [1.29, 1.82) is 5.26 Å². The Labute approximate surface area is 169 Å². The SMILES string of the molecule is CCOC(=O)n1nc2c(c1-c1ccccc1)CCC1C(C)C(=O)C(C#N)=CC21C. The van der Waals surface area contributed by atoms with Crippen LogP contribution in [0.2, 0.25) is 0 Å². The van der Waals surface area contributed by atoms with Crippen LogP contribution in [0.15, 0.2) is 42.0 Å². The molecule has 6 nitrogen and oxygen atoms in total. The lowest BCUT2D eigenvalue weighted by molar-refractivity contribution is -0.121. The molecule has 0 spiro atoms. The van der Waals surface area contributed by atoms with Gasteiger partial charge in [-0.15, -0.1) is 0 Å². The molecule has 1 aromatic heterocycles. The van der Waals surface area contributed by atoms with E-state index in [0.717, 1.165) is 28.9 Å². The van der Waals surface area contributed by atoms with Crippen molar-refractivity contribution < 1.29 is 14.3 Å². The summed E-state index contributed by atoms with van der Waals surface area (Å²) in [5.41, 5.74) is 2.95. The lowest BCUT2D eigenvalue weighted by Crippen LogP contribution is -2.45. The molecule has 0 radical (unpaired) electrons. The Morgan fingerprint density at radius 3 is 2.76 bits per heavy atom. The van der Waals surface area contributed by atoms with E-state index in [-0.39, 0.29) is 29.8 Å². The summed E-state index contributed by atoms with van der Waals surface area (Å²) in [4.78, 5) is 25.3. The fourth-order valence-corrected chi connectivity index (χ4v) is 4.94. The molecule has 0 saturated carbocycles. The molecule has 3 unspecified atom stereocenters. The van der Waals surface area contributed by atoms with Crippen LogP contribution in [0.4, 0.5) is 4.79 Å². The summed E-state index contributed by atoms with van der Waals surface area (Å²) in [6.45, 7) is 5.92. The first-order chi connectivity index (χ1) is 13.9. The van der Waals surface area contributed by atoms with E-state index in [1.165, 1.54) is 4.68 Å². The third-order valence-corrected chi connectivity index (χ3v) is 6.30. The maximum Gasteiger partial charge on any atom is 0.435 e. The van der Waals surface area contributed by atoms with Gasteiger partial charge >= 0.3 is 6.09 Å². The van der Waals surface area contributed by atoms with Crippen LogP contribution in [0, 0.1) is 23.2 Å². The summed E-state index contributed by atoms with van der Waals surface area (Å²) < 4.78 is 6.60. The zero-order valence-corrected chi connectivity index (χ0v) is 16.8. The van der Waals surface area contributed by atoms with Crippen LogP contribution in [0.5, 0.6) is 0 Å². The monoisotopic (exact) mass is 389 g/mol. The Hall–Kier alpha value is -3.20. The molecule has 29 heavy (non-hydrogen) atoms. The number of carbonyl (C=O) groups is 2. The summed E-state index contributed by atoms with van der Waals surface area (Å²) >= 11 is 0. The molecule has 2 aliphatic carbocycles. The summed E-state index contributed by atoms with van der Waals surface area (Å²) in [6.07, 6.45) is 2.74. The number of ketones is 1. The highest BCUT2D eigenvalue weighted by Crippen LogP contribution is 2.51. The van der Waals surface area contributed by atoms with E-state index < -0.39 is 11.5 Å². The number of ether oxygens (including phenoxy) is 1. The summed E-state index contributed by atoms with van der Waals surface area (Å²) in [7, 11) is 0. The number of fused-ring (bicyclic) bond motifs is 3. The van der Waals surface area contributed by atoms with E-state index in [2.05, 4.69) is 6.07 Å². The van der Waals surface area contributed by atoms with E-state index in [9.17, 15) is 14.9 Å². The zero-order valence-electron chi connectivity index (χ0n) is 16.8. The normalized spacial score (nSPS) is 25.4. The number of nitriles is 1. The summed E-state index contributed by atoms with van der Waals surface area (Å²) in [5.74, 6) is -0.332. The number of aromatic nitrogens is 2. The van der Waals surface area contributed by atoms with Crippen LogP contribution >= 0.6 is 0 Å². The van der Waals surface area contributed by atoms with E-state index in [0.29, 0.717) is 6.42 Å². The van der Waals surface area contributed by atoms with Gasteiger partial charge in [-0.2, -0.15) is 15.0 Å². The fraction of sp³-hybridized carbons (Fsp3) is 0.391. The van der Waals surface area contributed by atoms with Crippen molar-refractivity contribution in [2.24, 2.45) is 11.8 Å². The molecule has 148 valence electrons. The Balaban J connectivity index is 1.98. The minimum absolute atomic E-state index is 0.0359. The lowest BCUT2D eigenvalue weighted by Gasteiger charge is -2.44. The van der Waals surface area contributed by atoms with Gasteiger partial charge in [0.25, 0.3) is 0 Å². The smallest absolute Gasteiger partial charge is 0.435 e. The molecule has 2 aromatic rings. The van der Waals surface area contributed by atoms with Gasteiger partial charge in [0.15, 0.2) is 5.78 Å². The van der Waals surface area contributed by atoms with Gasteiger partial charge in [-0.1, -0.05) is 50.3 Å². The molecule has 6 heteroatoms. The van der Waals surface area contributed by atoms with E-state index in [1.807, 2.05) is 44.2 Å².